The highest BCUT2D eigenvalue weighted by atomic mass is 16.2. The van der Waals surface area contributed by atoms with E-state index in [4.69, 9.17) is 0 Å². The molecule has 1 aliphatic rings. The molecule has 0 spiro atoms. The predicted molar refractivity (Wildman–Crippen MR) is 62.8 cm³/mol. The van der Waals surface area contributed by atoms with Crippen molar-refractivity contribution in [1.82, 2.24) is 10.2 Å². The van der Waals surface area contributed by atoms with Gasteiger partial charge in [0.25, 0.3) is 0 Å². The quantitative estimate of drug-likeness (QED) is 0.720. The SMILES string of the molecule is CNCCC(=O)N(C)C1CCCCCC1. The summed E-state index contributed by atoms with van der Waals surface area (Å²) in [4.78, 5) is 13.8. The number of rotatable bonds is 4. The molecule has 0 heterocycles. The third-order valence-electron chi connectivity index (χ3n) is 3.35. The molecule has 1 N–H and O–H groups in total. The molecule has 0 aromatic carbocycles. The molecule has 0 aromatic rings. The van der Waals surface area contributed by atoms with Gasteiger partial charge in [0.15, 0.2) is 0 Å². The summed E-state index contributed by atoms with van der Waals surface area (Å²) in [5, 5.41) is 3.02. The fourth-order valence-electron chi connectivity index (χ4n) is 2.26. The van der Waals surface area contributed by atoms with Crippen LogP contribution < -0.4 is 5.32 Å². The lowest BCUT2D eigenvalue weighted by Crippen LogP contribution is -2.37. The number of amides is 1. The normalized spacial score (nSPS) is 18.5. The number of carbonyl (C=O) groups excluding carboxylic acids is 1. The molecule has 0 aliphatic heterocycles. The molecule has 0 bridgehead atoms. The molecule has 1 amide bonds. The molecule has 88 valence electrons. The average molecular weight is 212 g/mol. The molecule has 0 saturated heterocycles. The first-order valence-corrected chi connectivity index (χ1v) is 6.16. The molecular formula is C12H24N2O. The van der Waals surface area contributed by atoms with Crippen LogP contribution in [-0.2, 0) is 4.79 Å². The van der Waals surface area contributed by atoms with Gasteiger partial charge in [0.05, 0.1) is 0 Å². The van der Waals surface area contributed by atoms with Crippen LogP contribution in [0.3, 0.4) is 0 Å². The smallest absolute Gasteiger partial charge is 0.223 e. The zero-order valence-electron chi connectivity index (χ0n) is 10.1. The van der Waals surface area contributed by atoms with E-state index in [0.717, 1.165) is 6.54 Å². The monoisotopic (exact) mass is 212 g/mol. The first-order chi connectivity index (χ1) is 7.25. The standard InChI is InChI=1S/C12H24N2O/c1-13-10-9-12(15)14(2)11-7-5-3-4-6-8-11/h11,13H,3-10H2,1-2H3. The van der Waals surface area contributed by atoms with Crippen molar-refractivity contribution in [3.63, 3.8) is 0 Å². The first-order valence-electron chi connectivity index (χ1n) is 6.16. The minimum Gasteiger partial charge on any atom is -0.343 e. The van der Waals surface area contributed by atoms with Crippen LogP contribution in [0.25, 0.3) is 0 Å². The second kappa shape index (κ2) is 6.83. The topological polar surface area (TPSA) is 32.3 Å². The molecule has 1 saturated carbocycles. The van der Waals surface area contributed by atoms with E-state index >= 15 is 0 Å². The van der Waals surface area contributed by atoms with Crippen molar-refractivity contribution in [3.05, 3.63) is 0 Å². The maximum absolute atomic E-state index is 11.8. The highest BCUT2D eigenvalue weighted by Crippen LogP contribution is 2.21. The van der Waals surface area contributed by atoms with E-state index in [9.17, 15) is 4.79 Å². The van der Waals surface area contributed by atoms with E-state index in [1.165, 1.54) is 38.5 Å². The molecule has 0 aromatic heterocycles. The summed E-state index contributed by atoms with van der Waals surface area (Å²) in [5.41, 5.74) is 0. The Hall–Kier alpha value is -0.570. The Morgan fingerprint density at radius 3 is 2.40 bits per heavy atom. The second-order valence-corrected chi connectivity index (χ2v) is 4.50. The first kappa shape index (κ1) is 12.5. The minimum absolute atomic E-state index is 0.288. The van der Waals surface area contributed by atoms with E-state index in [-0.39, 0.29) is 5.91 Å². The van der Waals surface area contributed by atoms with Gasteiger partial charge in [0.1, 0.15) is 0 Å². The van der Waals surface area contributed by atoms with Crippen LogP contribution in [0.2, 0.25) is 0 Å². The van der Waals surface area contributed by atoms with Gasteiger partial charge in [-0.25, -0.2) is 0 Å². The Kier molecular flexibility index (Phi) is 5.69. The van der Waals surface area contributed by atoms with Gasteiger partial charge in [0.2, 0.25) is 5.91 Å². The molecule has 3 nitrogen and oxygen atoms in total. The van der Waals surface area contributed by atoms with Crippen molar-refractivity contribution < 1.29 is 4.79 Å². The molecular weight excluding hydrogens is 188 g/mol. The van der Waals surface area contributed by atoms with Gasteiger partial charge in [0, 0.05) is 26.1 Å². The van der Waals surface area contributed by atoms with Gasteiger partial charge in [-0.2, -0.15) is 0 Å². The molecule has 1 rings (SSSR count). The zero-order chi connectivity index (χ0) is 11.1. The number of nitrogens with one attached hydrogen (secondary N) is 1. The fraction of sp³-hybridized carbons (Fsp3) is 0.917. The number of hydrogen-bond acceptors (Lipinski definition) is 2. The van der Waals surface area contributed by atoms with E-state index < -0.39 is 0 Å². The summed E-state index contributed by atoms with van der Waals surface area (Å²) >= 11 is 0. The molecule has 3 heteroatoms. The third kappa shape index (κ3) is 4.20. The van der Waals surface area contributed by atoms with Gasteiger partial charge < -0.3 is 10.2 Å². The number of carbonyl (C=O) groups is 1. The summed E-state index contributed by atoms with van der Waals surface area (Å²) in [6.07, 6.45) is 8.28. The van der Waals surface area contributed by atoms with Gasteiger partial charge in [-0.15, -0.1) is 0 Å². The van der Waals surface area contributed by atoms with E-state index in [1.807, 2.05) is 19.0 Å². The molecule has 0 atom stereocenters. The van der Waals surface area contributed by atoms with Crippen molar-refractivity contribution in [1.29, 1.82) is 0 Å². The van der Waals surface area contributed by atoms with Gasteiger partial charge in [-0.05, 0) is 19.9 Å². The van der Waals surface area contributed by atoms with Crippen LogP contribution in [0.4, 0.5) is 0 Å². The molecule has 15 heavy (non-hydrogen) atoms. The Morgan fingerprint density at radius 1 is 1.27 bits per heavy atom. The highest BCUT2D eigenvalue weighted by molar-refractivity contribution is 5.76. The number of hydrogen-bond donors (Lipinski definition) is 1. The van der Waals surface area contributed by atoms with Crippen LogP contribution in [0.1, 0.15) is 44.9 Å². The van der Waals surface area contributed by atoms with Crippen LogP contribution >= 0.6 is 0 Å². The minimum atomic E-state index is 0.288. The van der Waals surface area contributed by atoms with Crippen LogP contribution in [0.15, 0.2) is 0 Å². The van der Waals surface area contributed by atoms with Crippen LogP contribution in [0, 0.1) is 0 Å². The average Bonchev–Trinajstić information content (AvgIpc) is 2.53. The van der Waals surface area contributed by atoms with E-state index in [2.05, 4.69) is 5.32 Å². The van der Waals surface area contributed by atoms with Crippen molar-refractivity contribution in [3.8, 4) is 0 Å². The predicted octanol–water partition coefficient (Wildman–Crippen LogP) is 1.78. The third-order valence-corrected chi connectivity index (χ3v) is 3.35. The van der Waals surface area contributed by atoms with E-state index in [0.29, 0.717) is 12.5 Å². The summed E-state index contributed by atoms with van der Waals surface area (Å²) < 4.78 is 0. The molecule has 1 aliphatic carbocycles. The van der Waals surface area contributed by atoms with Gasteiger partial charge in [-0.3, -0.25) is 4.79 Å². The molecule has 0 radical (unpaired) electrons. The van der Waals surface area contributed by atoms with Crippen LogP contribution in [0.5, 0.6) is 0 Å². The van der Waals surface area contributed by atoms with Gasteiger partial charge in [-0.1, -0.05) is 25.7 Å². The highest BCUT2D eigenvalue weighted by Gasteiger charge is 2.20. The van der Waals surface area contributed by atoms with Crippen molar-refractivity contribution in [2.24, 2.45) is 0 Å². The lowest BCUT2D eigenvalue weighted by molar-refractivity contribution is -0.132. The summed E-state index contributed by atoms with van der Waals surface area (Å²) in [7, 11) is 3.85. The zero-order valence-corrected chi connectivity index (χ0v) is 10.1. The fourth-order valence-corrected chi connectivity index (χ4v) is 2.26. The Bertz CT molecular complexity index is 186. The second-order valence-electron chi connectivity index (χ2n) is 4.50. The summed E-state index contributed by atoms with van der Waals surface area (Å²) in [5.74, 6) is 0.288. The van der Waals surface area contributed by atoms with Crippen molar-refractivity contribution >= 4 is 5.91 Å². The Balaban J connectivity index is 2.35. The summed E-state index contributed by atoms with van der Waals surface area (Å²) in [6, 6.07) is 0.497. The van der Waals surface area contributed by atoms with E-state index in [1.54, 1.807) is 0 Å². The summed E-state index contributed by atoms with van der Waals surface area (Å²) in [6.45, 7) is 0.788. The van der Waals surface area contributed by atoms with Crippen LogP contribution in [-0.4, -0.2) is 37.5 Å². The maximum Gasteiger partial charge on any atom is 0.223 e. The van der Waals surface area contributed by atoms with Crippen molar-refractivity contribution in [2.75, 3.05) is 20.6 Å². The number of nitrogens with zero attached hydrogens (tertiary/aromatic N) is 1. The largest absolute Gasteiger partial charge is 0.343 e. The lowest BCUT2D eigenvalue weighted by Gasteiger charge is -2.27. The molecule has 1 fully saturated rings. The van der Waals surface area contributed by atoms with Crippen molar-refractivity contribution in [2.45, 2.75) is 51.0 Å². The Labute approximate surface area is 93.2 Å². The maximum atomic E-state index is 11.8. The van der Waals surface area contributed by atoms with Gasteiger partial charge >= 0.3 is 0 Å². The Morgan fingerprint density at radius 2 is 1.87 bits per heavy atom. The lowest BCUT2D eigenvalue weighted by atomic mass is 10.1. The molecule has 0 unspecified atom stereocenters.